The number of rotatable bonds is 10. The van der Waals surface area contributed by atoms with Gasteiger partial charge in [-0.15, -0.1) is 0 Å². The van der Waals surface area contributed by atoms with Crippen LogP contribution in [0.1, 0.15) is 50.2 Å². The Balaban J connectivity index is 1.72. The van der Waals surface area contributed by atoms with Gasteiger partial charge >= 0.3 is 0 Å². The summed E-state index contributed by atoms with van der Waals surface area (Å²) in [6, 6.07) is 16.7. The van der Waals surface area contributed by atoms with Gasteiger partial charge in [-0.3, -0.25) is 13.9 Å². The fourth-order valence-electron chi connectivity index (χ4n) is 4.99. The third kappa shape index (κ3) is 7.59. The lowest BCUT2D eigenvalue weighted by molar-refractivity contribution is -0.139. The minimum absolute atomic E-state index is 0.0123. The summed E-state index contributed by atoms with van der Waals surface area (Å²) in [4.78, 5) is 28.9. The van der Waals surface area contributed by atoms with Gasteiger partial charge in [-0.1, -0.05) is 84.4 Å². The number of halogens is 3. The number of aryl methyl sites for hydroxylation is 1. The Hall–Kier alpha value is -2.78. The van der Waals surface area contributed by atoms with Crippen molar-refractivity contribution in [1.82, 2.24) is 10.2 Å². The Morgan fingerprint density at radius 3 is 2.17 bits per heavy atom. The number of benzene rings is 3. The maximum atomic E-state index is 14.1. The lowest BCUT2D eigenvalue weighted by atomic mass is 9.95. The molecule has 3 aromatic carbocycles. The summed E-state index contributed by atoms with van der Waals surface area (Å²) in [5, 5.41) is 4.10. The van der Waals surface area contributed by atoms with Gasteiger partial charge in [0.15, 0.2) is 0 Å². The molecule has 42 heavy (non-hydrogen) atoms. The van der Waals surface area contributed by atoms with Crippen molar-refractivity contribution >= 4 is 62.3 Å². The van der Waals surface area contributed by atoms with E-state index in [2.05, 4.69) is 5.32 Å². The molecule has 2 amide bonds. The van der Waals surface area contributed by atoms with E-state index < -0.39 is 28.5 Å². The smallest absolute Gasteiger partial charge is 0.264 e. The molecule has 0 aromatic heterocycles. The molecule has 0 bridgehead atoms. The lowest BCUT2D eigenvalue weighted by Crippen LogP contribution is -2.53. The number of carbonyl (C=O) groups excluding carboxylic acids is 2. The lowest BCUT2D eigenvalue weighted by Gasteiger charge is -2.33. The minimum Gasteiger partial charge on any atom is -0.352 e. The van der Waals surface area contributed by atoms with Crippen molar-refractivity contribution in [3.8, 4) is 0 Å². The van der Waals surface area contributed by atoms with E-state index in [1.165, 1.54) is 23.1 Å². The molecule has 3 aromatic rings. The molecule has 1 aliphatic rings. The van der Waals surface area contributed by atoms with E-state index in [-0.39, 0.29) is 29.1 Å². The summed E-state index contributed by atoms with van der Waals surface area (Å²) in [5.74, 6) is -0.928. The van der Waals surface area contributed by atoms with Crippen molar-refractivity contribution in [3.63, 3.8) is 0 Å². The second-order valence-electron chi connectivity index (χ2n) is 10.5. The summed E-state index contributed by atoms with van der Waals surface area (Å²) >= 11 is 19.3. The van der Waals surface area contributed by atoms with Crippen LogP contribution in [-0.4, -0.2) is 43.8 Å². The zero-order valence-corrected chi connectivity index (χ0v) is 26.6. The zero-order chi connectivity index (χ0) is 30.4. The number of hydrogen-bond acceptors (Lipinski definition) is 4. The SMILES string of the molecule is Cc1ccc(N(CC(=O)N(Cc2c(Cl)cccc2Cl)C(C)C(=O)NC2CCCCC2)S(=O)(=O)c2ccccc2)cc1Cl. The van der Waals surface area contributed by atoms with Gasteiger partial charge in [0.25, 0.3) is 10.0 Å². The van der Waals surface area contributed by atoms with E-state index in [9.17, 15) is 18.0 Å². The van der Waals surface area contributed by atoms with E-state index in [4.69, 9.17) is 34.8 Å². The summed E-state index contributed by atoms with van der Waals surface area (Å²) in [7, 11) is -4.20. The standard InChI is InChI=1S/C31H34Cl3N3O4S/c1-21-16-17-24(18-29(21)34)37(42(40,41)25-12-7-4-8-13-25)20-30(38)36(19-26-27(32)14-9-15-28(26)33)22(2)31(39)35-23-10-5-3-6-11-23/h4,7-9,12-18,22-23H,3,5-6,10-11,19-20H2,1-2H3,(H,35,39). The van der Waals surface area contributed by atoms with Crippen LogP contribution < -0.4 is 9.62 Å². The van der Waals surface area contributed by atoms with Crippen LogP contribution in [0.4, 0.5) is 5.69 Å². The highest BCUT2D eigenvalue weighted by atomic mass is 35.5. The summed E-state index contributed by atoms with van der Waals surface area (Å²) in [5.41, 5.74) is 1.44. The van der Waals surface area contributed by atoms with Crippen molar-refractivity contribution in [2.24, 2.45) is 0 Å². The predicted octanol–water partition coefficient (Wildman–Crippen LogP) is 7.02. The first-order chi connectivity index (χ1) is 20.0. The second kappa shape index (κ2) is 14.1. The molecule has 1 fully saturated rings. The highest BCUT2D eigenvalue weighted by Gasteiger charge is 2.34. The van der Waals surface area contributed by atoms with Crippen molar-refractivity contribution in [2.45, 2.75) is 69.5 Å². The van der Waals surface area contributed by atoms with Crippen LogP contribution in [0.3, 0.4) is 0 Å². The first-order valence-corrected chi connectivity index (χ1v) is 16.4. The molecule has 4 rings (SSSR count). The fraction of sp³-hybridized carbons (Fsp3) is 0.355. The Bertz CT molecular complexity index is 1510. The molecule has 1 aliphatic carbocycles. The number of hydrogen-bond donors (Lipinski definition) is 1. The van der Waals surface area contributed by atoms with Crippen LogP contribution in [0.15, 0.2) is 71.6 Å². The van der Waals surface area contributed by atoms with Gasteiger partial charge in [-0.25, -0.2) is 8.42 Å². The summed E-state index contributed by atoms with van der Waals surface area (Å²) in [6.45, 7) is 2.75. The number of nitrogens with zero attached hydrogens (tertiary/aromatic N) is 2. The molecule has 0 radical (unpaired) electrons. The predicted molar refractivity (Wildman–Crippen MR) is 169 cm³/mol. The Kier molecular flexibility index (Phi) is 10.8. The second-order valence-corrected chi connectivity index (χ2v) is 13.6. The molecule has 0 spiro atoms. The molecule has 1 unspecified atom stereocenters. The van der Waals surface area contributed by atoms with Gasteiger partial charge < -0.3 is 10.2 Å². The van der Waals surface area contributed by atoms with Gasteiger partial charge in [0.05, 0.1) is 10.6 Å². The third-order valence-corrected chi connectivity index (χ3v) is 10.5. The van der Waals surface area contributed by atoms with Crippen molar-refractivity contribution in [2.75, 3.05) is 10.8 Å². The average molecular weight is 651 g/mol. The number of carbonyl (C=O) groups is 2. The van der Waals surface area contributed by atoms with Crippen LogP contribution in [0.25, 0.3) is 0 Å². The number of nitrogens with one attached hydrogen (secondary N) is 1. The molecular weight excluding hydrogens is 617 g/mol. The number of sulfonamides is 1. The van der Waals surface area contributed by atoms with Gasteiger partial charge in [0, 0.05) is 33.2 Å². The first-order valence-electron chi connectivity index (χ1n) is 13.9. The van der Waals surface area contributed by atoms with Gasteiger partial charge in [0.2, 0.25) is 11.8 Å². The zero-order valence-electron chi connectivity index (χ0n) is 23.5. The van der Waals surface area contributed by atoms with E-state index in [0.29, 0.717) is 20.6 Å². The molecule has 7 nitrogen and oxygen atoms in total. The number of anilines is 1. The average Bonchev–Trinajstić information content (AvgIpc) is 2.97. The molecule has 224 valence electrons. The van der Waals surface area contributed by atoms with Crippen molar-refractivity contribution < 1.29 is 18.0 Å². The Morgan fingerprint density at radius 1 is 0.905 bits per heavy atom. The molecule has 0 saturated heterocycles. The quantitative estimate of drug-likeness (QED) is 0.256. The molecule has 11 heteroatoms. The highest BCUT2D eigenvalue weighted by Crippen LogP contribution is 2.30. The van der Waals surface area contributed by atoms with Crippen LogP contribution in [-0.2, 0) is 26.2 Å². The van der Waals surface area contributed by atoms with E-state index in [1.54, 1.807) is 62.4 Å². The van der Waals surface area contributed by atoms with Crippen LogP contribution in [0, 0.1) is 6.92 Å². The fourth-order valence-corrected chi connectivity index (χ4v) is 7.11. The van der Waals surface area contributed by atoms with Crippen LogP contribution in [0.5, 0.6) is 0 Å². The summed E-state index contributed by atoms with van der Waals surface area (Å²) < 4.78 is 28.8. The first kappa shape index (κ1) is 32.1. The monoisotopic (exact) mass is 649 g/mol. The maximum Gasteiger partial charge on any atom is 0.264 e. The van der Waals surface area contributed by atoms with E-state index in [1.807, 2.05) is 0 Å². The van der Waals surface area contributed by atoms with Crippen molar-refractivity contribution in [3.05, 3.63) is 92.9 Å². The maximum absolute atomic E-state index is 14.1. The molecule has 1 atom stereocenters. The molecule has 1 N–H and O–H groups in total. The highest BCUT2D eigenvalue weighted by molar-refractivity contribution is 7.92. The minimum atomic E-state index is -4.20. The van der Waals surface area contributed by atoms with Gasteiger partial charge in [0.1, 0.15) is 12.6 Å². The molecular formula is C31H34Cl3N3O4S. The topological polar surface area (TPSA) is 86.8 Å². The molecule has 1 saturated carbocycles. The number of amides is 2. The van der Waals surface area contributed by atoms with Crippen LogP contribution in [0.2, 0.25) is 15.1 Å². The van der Waals surface area contributed by atoms with Crippen molar-refractivity contribution in [1.29, 1.82) is 0 Å². The Labute approximate surface area is 262 Å². The van der Waals surface area contributed by atoms with E-state index in [0.717, 1.165) is 42.0 Å². The normalized spacial score (nSPS) is 14.7. The molecule has 0 heterocycles. The third-order valence-electron chi connectivity index (χ3n) is 7.56. The largest absolute Gasteiger partial charge is 0.352 e. The van der Waals surface area contributed by atoms with E-state index >= 15 is 0 Å². The molecule has 0 aliphatic heterocycles. The van der Waals surface area contributed by atoms with Gasteiger partial charge in [-0.2, -0.15) is 0 Å². The van der Waals surface area contributed by atoms with Crippen LogP contribution >= 0.6 is 34.8 Å². The Morgan fingerprint density at radius 2 is 1.55 bits per heavy atom. The summed E-state index contributed by atoms with van der Waals surface area (Å²) in [6.07, 6.45) is 4.94. The van der Waals surface area contributed by atoms with Gasteiger partial charge in [-0.05, 0) is 68.7 Å².